The number of benzene rings is 1. The fourth-order valence-electron chi connectivity index (χ4n) is 1.66. The van der Waals surface area contributed by atoms with E-state index in [2.05, 4.69) is 33.8 Å². The lowest BCUT2D eigenvalue weighted by Crippen LogP contribution is -1.79. The van der Waals surface area contributed by atoms with E-state index >= 15 is 0 Å². The summed E-state index contributed by atoms with van der Waals surface area (Å²) in [6.07, 6.45) is 5.55. The van der Waals surface area contributed by atoms with Gasteiger partial charge in [-0.3, -0.25) is 0 Å². The third kappa shape index (κ3) is 3.95. The highest BCUT2D eigenvalue weighted by Crippen LogP contribution is 2.09. The van der Waals surface area contributed by atoms with Crippen LogP contribution in [0.5, 0.6) is 0 Å². The molecule has 0 saturated heterocycles. The molecule has 1 aromatic carbocycles. The summed E-state index contributed by atoms with van der Waals surface area (Å²) >= 11 is 0. The summed E-state index contributed by atoms with van der Waals surface area (Å²) in [4.78, 5) is 14.6. The molecule has 0 fully saturated rings. The molecule has 2 heterocycles. The number of hydrogen-bond acceptors (Lipinski definition) is 2. The number of imidazole rings is 2. The zero-order chi connectivity index (χ0) is 12.8. The van der Waals surface area contributed by atoms with Crippen LogP contribution in [0.15, 0.2) is 36.7 Å². The van der Waals surface area contributed by atoms with Gasteiger partial charge in [0.25, 0.3) is 0 Å². The first kappa shape index (κ1) is 15.0. The molecule has 102 valence electrons. The van der Waals surface area contributed by atoms with Gasteiger partial charge in [-0.25, -0.2) is 9.97 Å². The number of aromatic amines is 2. The number of hydrogen-bond donors (Lipinski definition) is 2. The quantitative estimate of drug-likeness (QED) is 0.735. The van der Waals surface area contributed by atoms with E-state index < -0.39 is 0 Å². The Labute approximate surface area is 114 Å². The third-order valence-corrected chi connectivity index (χ3v) is 2.66. The Morgan fingerprint density at radius 1 is 1.05 bits per heavy atom. The SMILES string of the molecule is C.CCc1nc2ccccc2[nH]1.CCc1ncc[nH]1. The molecule has 19 heavy (non-hydrogen) atoms. The Morgan fingerprint density at radius 3 is 2.32 bits per heavy atom. The molecule has 0 spiro atoms. The van der Waals surface area contributed by atoms with Crippen molar-refractivity contribution >= 4 is 11.0 Å². The minimum atomic E-state index is 0. The average molecular weight is 258 g/mol. The van der Waals surface area contributed by atoms with E-state index in [1.807, 2.05) is 30.5 Å². The van der Waals surface area contributed by atoms with Crippen molar-refractivity contribution in [3.05, 3.63) is 48.3 Å². The number of nitrogens with one attached hydrogen (secondary N) is 2. The van der Waals surface area contributed by atoms with E-state index in [4.69, 9.17) is 0 Å². The van der Waals surface area contributed by atoms with Crippen molar-refractivity contribution in [1.29, 1.82) is 0 Å². The standard InChI is InChI=1S/C9H10N2.C5H8N2.CH4/c1-2-9-10-7-5-3-4-6-8(7)11-9;1-2-5-6-3-4-7-5;/h3-6H,2H2,1H3,(H,10,11);3-4H,2H2,1H3,(H,6,7);1H4. The lowest BCUT2D eigenvalue weighted by Gasteiger charge is -1.82. The maximum absolute atomic E-state index is 4.38. The zero-order valence-electron chi connectivity index (χ0n) is 10.8. The average Bonchev–Trinajstić information content (AvgIpc) is 3.07. The van der Waals surface area contributed by atoms with Crippen LogP contribution in [-0.4, -0.2) is 19.9 Å². The van der Waals surface area contributed by atoms with Gasteiger partial charge in [0.2, 0.25) is 0 Å². The molecular formula is C15H22N4. The third-order valence-electron chi connectivity index (χ3n) is 2.66. The predicted octanol–water partition coefficient (Wildman–Crippen LogP) is 3.73. The van der Waals surface area contributed by atoms with Gasteiger partial charge in [-0.05, 0) is 12.1 Å². The van der Waals surface area contributed by atoms with Crippen LogP contribution in [0.4, 0.5) is 0 Å². The van der Waals surface area contributed by atoms with Crippen LogP contribution >= 0.6 is 0 Å². The van der Waals surface area contributed by atoms with Gasteiger partial charge in [0.1, 0.15) is 11.6 Å². The molecule has 0 bridgehead atoms. The van der Waals surface area contributed by atoms with Crippen LogP contribution < -0.4 is 0 Å². The fourth-order valence-corrected chi connectivity index (χ4v) is 1.66. The van der Waals surface area contributed by atoms with Crippen molar-refractivity contribution in [2.45, 2.75) is 34.1 Å². The number of aryl methyl sites for hydroxylation is 2. The van der Waals surface area contributed by atoms with Gasteiger partial charge >= 0.3 is 0 Å². The molecule has 0 amide bonds. The lowest BCUT2D eigenvalue weighted by molar-refractivity contribution is 0.990. The van der Waals surface area contributed by atoms with Crippen LogP contribution in [0.2, 0.25) is 0 Å². The summed E-state index contributed by atoms with van der Waals surface area (Å²) in [5.41, 5.74) is 2.19. The first-order chi connectivity index (χ1) is 8.83. The molecule has 0 saturated carbocycles. The molecule has 0 radical (unpaired) electrons. The molecule has 0 atom stereocenters. The molecule has 2 aromatic heterocycles. The molecular weight excluding hydrogens is 236 g/mol. The maximum Gasteiger partial charge on any atom is 0.106 e. The lowest BCUT2D eigenvalue weighted by atomic mass is 10.3. The highest BCUT2D eigenvalue weighted by atomic mass is 14.9. The van der Waals surface area contributed by atoms with Gasteiger partial charge in [0, 0.05) is 25.2 Å². The number of para-hydroxylation sites is 2. The maximum atomic E-state index is 4.38. The molecule has 4 nitrogen and oxygen atoms in total. The number of nitrogens with zero attached hydrogens (tertiary/aromatic N) is 2. The minimum absolute atomic E-state index is 0. The van der Waals surface area contributed by atoms with Crippen LogP contribution in [0.25, 0.3) is 11.0 Å². The van der Waals surface area contributed by atoms with Crippen molar-refractivity contribution in [2.24, 2.45) is 0 Å². The number of H-pyrrole nitrogens is 2. The second-order valence-corrected chi connectivity index (χ2v) is 3.94. The molecule has 0 aliphatic heterocycles. The number of fused-ring (bicyclic) bond motifs is 1. The van der Waals surface area contributed by atoms with Gasteiger partial charge in [-0.15, -0.1) is 0 Å². The fraction of sp³-hybridized carbons (Fsp3) is 0.333. The Balaban J connectivity index is 0.000000198. The van der Waals surface area contributed by atoms with Crippen molar-refractivity contribution in [3.8, 4) is 0 Å². The second kappa shape index (κ2) is 7.36. The number of rotatable bonds is 2. The first-order valence-electron chi connectivity index (χ1n) is 6.25. The van der Waals surface area contributed by atoms with Crippen LogP contribution in [-0.2, 0) is 12.8 Å². The summed E-state index contributed by atoms with van der Waals surface area (Å²) < 4.78 is 0. The molecule has 0 aliphatic rings. The molecule has 0 unspecified atom stereocenters. The monoisotopic (exact) mass is 258 g/mol. The van der Waals surface area contributed by atoms with E-state index in [-0.39, 0.29) is 7.43 Å². The Morgan fingerprint density at radius 2 is 1.79 bits per heavy atom. The molecule has 3 rings (SSSR count). The first-order valence-corrected chi connectivity index (χ1v) is 6.25. The predicted molar refractivity (Wildman–Crippen MR) is 80.2 cm³/mol. The normalized spacial score (nSPS) is 9.58. The smallest absolute Gasteiger partial charge is 0.106 e. The van der Waals surface area contributed by atoms with Gasteiger partial charge in [-0.2, -0.15) is 0 Å². The van der Waals surface area contributed by atoms with Crippen LogP contribution in [0.1, 0.15) is 32.9 Å². The van der Waals surface area contributed by atoms with Crippen molar-refractivity contribution in [1.82, 2.24) is 19.9 Å². The Kier molecular flexibility index (Phi) is 5.79. The van der Waals surface area contributed by atoms with Crippen molar-refractivity contribution in [3.63, 3.8) is 0 Å². The van der Waals surface area contributed by atoms with E-state index in [0.29, 0.717) is 0 Å². The Bertz CT molecular complexity index is 548. The van der Waals surface area contributed by atoms with Crippen molar-refractivity contribution < 1.29 is 0 Å². The molecule has 0 aliphatic carbocycles. The van der Waals surface area contributed by atoms with Gasteiger partial charge < -0.3 is 9.97 Å². The van der Waals surface area contributed by atoms with Crippen molar-refractivity contribution in [2.75, 3.05) is 0 Å². The minimum Gasteiger partial charge on any atom is -0.349 e. The summed E-state index contributed by atoms with van der Waals surface area (Å²) in [6.45, 7) is 4.16. The Hall–Kier alpha value is -2.10. The zero-order valence-corrected chi connectivity index (χ0v) is 10.8. The molecule has 4 heteroatoms. The molecule has 2 N–H and O–H groups in total. The summed E-state index contributed by atoms with van der Waals surface area (Å²) in [5, 5.41) is 0. The molecule has 3 aromatic rings. The highest BCUT2D eigenvalue weighted by molar-refractivity contribution is 5.74. The number of aromatic nitrogens is 4. The van der Waals surface area contributed by atoms with E-state index in [0.717, 1.165) is 35.5 Å². The van der Waals surface area contributed by atoms with E-state index in [1.54, 1.807) is 6.20 Å². The second-order valence-electron chi connectivity index (χ2n) is 3.94. The van der Waals surface area contributed by atoms with Gasteiger partial charge in [-0.1, -0.05) is 33.4 Å². The van der Waals surface area contributed by atoms with Gasteiger partial charge in [0.05, 0.1) is 11.0 Å². The van der Waals surface area contributed by atoms with Crippen LogP contribution in [0.3, 0.4) is 0 Å². The summed E-state index contributed by atoms with van der Waals surface area (Å²) in [5.74, 6) is 2.12. The van der Waals surface area contributed by atoms with Crippen LogP contribution in [0, 0.1) is 0 Å². The summed E-state index contributed by atoms with van der Waals surface area (Å²) in [7, 11) is 0. The van der Waals surface area contributed by atoms with E-state index in [1.165, 1.54) is 0 Å². The largest absolute Gasteiger partial charge is 0.349 e. The summed E-state index contributed by atoms with van der Waals surface area (Å²) in [6, 6.07) is 8.08. The highest BCUT2D eigenvalue weighted by Gasteiger charge is 1.97. The van der Waals surface area contributed by atoms with E-state index in [9.17, 15) is 0 Å². The topological polar surface area (TPSA) is 57.4 Å². The van der Waals surface area contributed by atoms with Gasteiger partial charge in [0.15, 0.2) is 0 Å².